The minimum absolute atomic E-state index is 0.0307. The summed E-state index contributed by atoms with van der Waals surface area (Å²) >= 11 is 0. The second-order valence-corrected chi connectivity index (χ2v) is 5.94. The summed E-state index contributed by atoms with van der Waals surface area (Å²) in [6, 6.07) is 0. The van der Waals surface area contributed by atoms with Crippen LogP contribution in [-0.4, -0.2) is 24.8 Å². The summed E-state index contributed by atoms with van der Waals surface area (Å²) in [5, 5.41) is 3.02. The van der Waals surface area contributed by atoms with Gasteiger partial charge in [-0.05, 0) is 66.0 Å². The zero-order valence-corrected chi connectivity index (χ0v) is 14.3. The van der Waals surface area contributed by atoms with Gasteiger partial charge in [0.15, 0.2) is 0 Å². The molecule has 1 N–H and O–H groups in total. The lowest BCUT2D eigenvalue weighted by atomic mass is 9.99. The van der Waals surface area contributed by atoms with E-state index in [1.807, 2.05) is 20.9 Å². The highest BCUT2D eigenvalue weighted by molar-refractivity contribution is 5.19. The first-order valence-electron chi connectivity index (χ1n) is 7.90. The summed E-state index contributed by atoms with van der Waals surface area (Å²) in [5.41, 5.74) is 0.141. The average molecular weight is 269 g/mol. The van der Waals surface area contributed by atoms with E-state index < -0.39 is 0 Å². The van der Waals surface area contributed by atoms with E-state index in [1.165, 1.54) is 12.8 Å². The van der Waals surface area contributed by atoms with Gasteiger partial charge in [-0.25, -0.2) is 0 Å². The number of hydrogen-bond donors (Lipinski definition) is 1. The highest BCUT2D eigenvalue weighted by Gasteiger charge is 2.64. The molecule has 0 bridgehead atoms. The van der Waals surface area contributed by atoms with Gasteiger partial charge in [0.05, 0.1) is 11.2 Å². The van der Waals surface area contributed by atoms with Crippen LogP contribution >= 0.6 is 0 Å². The lowest BCUT2D eigenvalue weighted by molar-refractivity contribution is -0.0782. The van der Waals surface area contributed by atoms with Crippen LogP contribution < -0.4 is 5.32 Å². The van der Waals surface area contributed by atoms with Gasteiger partial charge in [0.1, 0.15) is 0 Å². The SMILES string of the molecule is C/C=C/C1(C)OC(C)(C)C2CC21.CC.CCCNC. The molecule has 1 saturated carbocycles. The van der Waals surface area contributed by atoms with E-state index in [1.54, 1.807) is 0 Å². The predicted molar refractivity (Wildman–Crippen MR) is 85.5 cm³/mol. The van der Waals surface area contributed by atoms with E-state index in [0.717, 1.165) is 18.4 Å². The molecule has 0 amide bonds. The van der Waals surface area contributed by atoms with Crippen molar-refractivity contribution in [2.75, 3.05) is 13.6 Å². The number of rotatable bonds is 3. The Morgan fingerprint density at radius 1 is 1.21 bits per heavy atom. The number of fused-ring (bicyclic) bond motifs is 1. The van der Waals surface area contributed by atoms with Crippen LogP contribution in [0.4, 0.5) is 0 Å². The van der Waals surface area contributed by atoms with Crippen molar-refractivity contribution in [2.24, 2.45) is 11.8 Å². The molecule has 2 nitrogen and oxygen atoms in total. The van der Waals surface area contributed by atoms with Crippen molar-refractivity contribution in [2.45, 2.75) is 72.5 Å². The van der Waals surface area contributed by atoms with E-state index >= 15 is 0 Å². The lowest BCUT2D eigenvalue weighted by Gasteiger charge is -2.29. The maximum absolute atomic E-state index is 6.05. The Bertz CT molecular complexity index is 270. The summed E-state index contributed by atoms with van der Waals surface area (Å²) < 4.78 is 6.05. The molecule has 1 aliphatic carbocycles. The largest absolute Gasteiger partial charge is 0.365 e. The third kappa shape index (κ3) is 4.92. The molecule has 0 spiro atoms. The van der Waals surface area contributed by atoms with Gasteiger partial charge in [-0.2, -0.15) is 0 Å². The van der Waals surface area contributed by atoms with E-state index in [0.29, 0.717) is 0 Å². The Kier molecular flexibility index (Phi) is 7.92. The normalized spacial score (nSPS) is 33.9. The number of ether oxygens (including phenoxy) is 1. The van der Waals surface area contributed by atoms with Crippen molar-refractivity contribution in [3.63, 3.8) is 0 Å². The smallest absolute Gasteiger partial charge is 0.0873 e. The molecule has 1 saturated heterocycles. The zero-order chi connectivity index (χ0) is 15.1. The summed E-state index contributed by atoms with van der Waals surface area (Å²) in [4.78, 5) is 0. The van der Waals surface area contributed by atoms with Crippen molar-refractivity contribution in [3.8, 4) is 0 Å². The highest BCUT2D eigenvalue weighted by atomic mass is 16.5. The molecule has 0 aromatic carbocycles. The van der Waals surface area contributed by atoms with Crippen molar-refractivity contribution < 1.29 is 4.74 Å². The van der Waals surface area contributed by atoms with E-state index in [2.05, 4.69) is 52.1 Å². The molecule has 0 aromatic heterocycles. The van der Waals surface area contributed by atoms with Gasteiger partial charge in [-0.1, -0.05) is 32.9 Å². The van der Waals surface area contributed by atoms with Crippen LogP contribution in [0, 0.1) is 11.8 Å². The lowest BCUT2D eigenvalue weighted by Crippen LogP contribution is -2.32. The van der Waals surface area contributed by atoms with Crippen LogP contribution in [0.15, 0.2) is 12.2 Å². The Hall–Kier alpha value is -0.340. The van der Waals surface area contributed by atoms with Crippen LogP contribution in [0.25, 0.3) is 0 Å². The Balaban J connectivity index is 0.000000396. The Morgan fingerprint density at radius 3 is 2.00 bits per heavy atom. The number of hydrogen-bond acceptors (Lipinski definition) is 2. The molecule has 1 aliphatic heterocycles. The molecule has 0 radical (unpaired) electrons. The second-order valence-electron chi connectivity index (χ2n) is 5.94. The first-order chi connectivity index (χ1) is 8.91. The maximum Gasteiger partial charge on any atom is 0.0873 e. The molecule has 2 aliphatic rings. The predicted octanol–water partition coefficient (Wildman–Crippen LogP) is 4.41. The minimum Gasteiger partial charge on any atom is -0.365 e. The average Bonchev–Trinajstić information content (AvgIpc) is 3.10. The van der Waals surface area contributed by atoms with Gasteiger partial charge in [0.2, 0.25) is 0 Å². The monoisotopic (exact) mass is 269 g/mol. The maximum atomic E-state index is 6.05. The zero-order valence-electron chi connectivity index (χ0n) is 14.3. The minimum atomic E-state index is 0.0307. The molecular weight excluding hydrogens is 234 g/mol. The van der Waals surface area contributed by atoms with Gasteiger partial charge in [-0.3, -0.25) is 0 Å². The van der Waals surface area contributed by atoms with Crippen LogP contribution in [-0.2, 0) is 4.74 Å². The molecule has 2 fully saturated rings. The molecule has 3 atom stereocenters. The summed E-state index contributed by atoms with van der Waals surface area (Å²) in [6.07, 6.45) is 6.91. The topological polar surface area (TPSA) is 21.3 Å². The number of allylic oxidation sites excluding steroid dienone is 1. The van der Waals surface area contributed by atoms with Crippen LogP contribution in [0.2, 0.25) is 0 Å². The molecule has 2 heteroatoms. The Morgan fingerprint density at radius 2 is 1.79 bits per heavy atom. The number of nitrogens with one attached hydrogen (secondary N) is 1. The second kappa shape index (κ2) is 8.06. The first-order valence-corrected chi connectivity index (χ1v) is 7.90. The highest BCUT2D eigenvalue weighted by Crippen LogP contribution is 2.62. The van der Waals surface area contributed by atoms with Gasteiger partial charge >= 0.3 is 0 Å². The quantitative estimate of drug-likeness (QED) is 0.766. The van der Waals surface area contributed by atoms with Gasteiger partial charge in [0.25, 0.3) is 0 Å². The third-order valence-corrected chi connectivity index (χ3v) is 3.90. The first kappa shape index (κ1) is 18.7. The summed E-state index contributed by atoms with van der Waals surface area (Å²) in [6.45, 7) is 16.0. The Labute approximate surface area is 121 Å². The molecule has 114 valence electrons. The van der Waals surface area contributed by atoms with Crippen molar-refractivity contribution >= 4 is 0 Å². The molecule has 0 aromatic rings. The molecular formula is C17H35NO. The fourth-order valence-electron chi connectivity index (χ4n) is 3.05. The summed E-state index contributed by atoms with van der Waals surface area (Å²) in [7, 11) is 1.96. The third-order valence-electron chi connectivity index (χ3n) is 3.90. The van der Waals surface area contributed by atoms with Gasteiger partial charge < -0.3 is 10.1 Å². The molecule has 19 heavy (non-hydrogen) atoms. The standard InChI is InChI=1S/C11H18O.C4H11N.C2H6/c1-5-6-11(4)9-7-8(9)10(2,3)12-11;1-3-4-5-2;1-2/h5-6,8-9H,7H2,1-4H3;5H,3-4H2,1-2H3;1-2H3/b6-5+;;. The fourth-order valence-corrected chi connectivity index (χ4v) is 3.05. The van der Waals surface area contributed by atoms with E-state index in [-0.39, 0.29) is 11.2 Å². The van der Waals surface area contributed by atoms with Gasteiger partial charge in [-0.15, -0.1) is 0 Å². The van der Waals surface area contributed by atoms with Crippen LogP contribution in [0.5, 0.6) is 0 Å². The molecule has 2 rings (SSSR count). The molecule has 1 heterocycles. The van der Waals surface area contributed by atoms with E-state index in [4.69, 9.17) is 4.74 Å². The van der Waals surface area contributed by atoms with Crippen molar-refractivity contribution in [3.05, 3.63) is 12.2 Å². The van der Waals surface area contributed by atoms with Crippen molar-refractivity contribution in [1.82, 2.24) is 5.32 Å². The van der Waals surface area contributed by atoms with Crippen molar-refractivity contribution in [1.29, 1.82) is 0 Å². The van der Waals surface area contributed by atoms with Crippen LogP contribution in [0.3, 0.4) is 0 Å². The van der Waals surface area contributed by atoms with E-state index in [9.17, 15) is 0 Å². The molecule has 3 unspecified atom stereocenters. The fraction of sp³-hybridized carbons (Fsp3) is 0.882. The van der Waals surface area contributed by atoms with Gasteiger partial charge in [0, 0.05) is 0 Å². The van der Waals surface area contributed by atoms with Crippen LogP contribution in [0.1, 0.15) is 61.3 Å². The summed E-state index contributed by atoms with van der Waals surface area (Å²) in [5.74, 6) is 1.59.